The molecule has 24 heavy (non-hydrogen) atoms. The van der Waals surface area contributed by atoms with Crippen molar-refractivity contribution in [3.63, 3.8) is 0 Å². The van der Waals surface area contributed by atoms with Gasteiger partial charge in [0.25, 0.3) is 0 Å². The zero-order chi connectivity index (χ0) is 16.8. The summed E-state index contributed by atoms with van der Waals surface area (Å²) in [5.41, 5.74) is 6.36. The fourth-order valence-corrected chi connectivity index (χ4v) is 2.87. The van der Waals surface area contributed by atoms with E-state index in [0.29, 0.717) is 17.1 Å². The van der Waals surface area contributed by atoms with Crippen LogP contribution in [0, 0.1) is 17.0 Å². The Labute approximate surface area is 137 Å². The molecule has 8 nitrogen and oxygen atoms in total. The first-order valence-corrected chi connectivity index (χ1v) is 7.41. The van der Waals surface area contributed by atoms with Gasteiger partial charge >= 0.3 is 0 Å². The monoisotopic (exact) mass is 325 g/mol. The molecule has 1 saturated heterocycles. The third kappa shape index (κ3) is 2.08. The van der Waals surface area contributed by atoms with Crippen LogP contribution >= 0.6 is 0 Å². The van der Waals surface area contributed by atoms with Crippen molar-refractivity contribution in [2.45, 2.75) is 13.2 Å². The molecule has 0 spiro atoms. The number of hydrogen-bond donors (Lipinski definition) is 2. The number of aliphatic hydroxyl groups is 1. The summed E-state index contributed by atoms with van der Waals surface area (Å²) in [6, 6.07) is 14.6. The molecule has 2 aromatic carbocycles. The van der Waals surface area contributed by atoms with Gasteiger partial charge in [-0.05, 0) is 31.2 Å². The van der Waals surface area contributed by atoms with Crippen LogP contribution in [0.2, 0.25) is 0 Å². The third-order valence-corrected chi connectivity index (χ3v) is 4.09. The van der Waals surface area contributed by atoms with Crippen LogP contribution in [-0.2, 0) is 0 Å². The predicted molar refractivity (Wildman–Crippen MR) is 89.3 cm³/mol. The molecular formula is C16H15N5O3. The molecule has 0 saturated carbocycles. The van der Waals surface area contributed by atoms with Crippen molar-refractivity contribution in [2.75, 3.05) is 15.0 Å². The van der Waals surface area contributed by atoms with Crippen LogP contribution in [0.4, 0.5) is 17.1 Å². The maximum Gasteiger partial charge on any atom is 0.187 e. The van der Waals surface area contributed by atoms with Gasteiger partial charge in [0.05, 0.1) is 11.4 Å². The van der Waals surface area contributed by atoms with Gasteiger partial charge in [-0.2, -0.15) is 0 Å². The standard InChI is InChI=1S/C16H15N5O3/c1-11-6-8-12(9-7-11)19-16(22)15-10-18(21(23)24)13-4-2-3-5-14(13)20(15)17-19/h2-10,16-17,22H,1H3. The Morgan fingerprint density at radius 1 is 1.12 bits per heavy atom. The van der Waals surface area contributed by atoms with Crippen molar-refractivity contribution in [1.82, 2.24) is 5.53 Å². The molecule has 0 aromatic heterocycles. The number of fused-ring (bicyclic) bond motifs is 3. The smallest absolute Gasteiger partial charge is 0.187 e. The number of benzene rings is 2. The molecule has 1 unspecified atom stereocenters. The second-order valence-corrected chi connectivity index (χ2v) is 5.64. The van der Waals surface area contributed by atoms with E-state index in [1.165, 1.54) is 6.20 Å². The van der Waals surface area contributed by atoms with Crippen molar-refractivity contribution in [1.29, 1.82) is 0 Å². The summed E-state index contributed by atoms with van der Waals surface area (Å²) in [7, 11) is 0. The zero-order valence-electron chi connectivity index (χ0n) is 12.8. The van der Waals surface area contributed by atoms with Crippen molar-refractivity contribution in [3.05, 3.63) is 76.1 Å². The number of nitro groups is 1. The minimum atomic E-state index is -1.05. The first kappa shape index (κ1) is 14.5. The van der Waals surface area contributed by atoms with E-state index in [2.05, 4.69) is 5.53 Å². The summed E-state index contributed by atoms with van der Waals surface area (Å²) in [4.78, 5) is 11.4. The van der Waals surface area contributed by atoms with Gasteiger partial charge in [0.2, 0.25) is 0 Å². The lowest BCUT2D eigenvalue weighted by molar-refractivity contribution is -0.485. The van der Waals surface area contributed by atoms with Crippen LogP contribution in [-0.4, -0.2) is 16.4 Å². The van der Waals surface area contributed by atoms with Gasteiger partial charge in [0, 0.05) is 0 Å². The third-order valence-electron chi connectivity index (χ3n) is 4.09. The molecule has 2 aliphatic rings. The summed E-state index contributed by atoms with van der Waals surface area (Å²) in [5.74, 6) is 0. The summed E-state index contributed by atoms with van der Waals surface area (Å²) in [5, 5.41) is 25.6. The van der Waals surface area contributed by atoms with Gasteiger partial charge in [-0.25, -0.2) is 10.1 Å². The molecule has 2 aliphatic heterocycles. The number of aliphatic hydroxyl groups excluding tert-OH is 1. The van der Waals surface area contributed by atoms with Crippen LogP contribution in [0.1, 0.15) is 5.56 Å². The number of nitrogens with zero attached hydrogens (tertiary/aromatic N) is 4. The van der Waals surface area contributed by atoms with E-state index in [1.807, 2.05) is 31.2 Å². The average Bonchev–Trinajstić information content (AvgIpc) is 2.92. The quantitative estimate of drug-likeness (QED) is 0.644. The van der Waals surface area contributed by atoms with E-state index in [9.17, 15) is 15.2 Å². The maximum atomic E-state index is 11.4. The van der Waals surface area contributed by atoms with Crippen LogP contribution in [0.25, 0.3) is 0 Å². The van der Waals surface area contributed by atoms with E-state index in [4.69, 9.17) is 0 Å². The Bertz CT molecular complexity index is 836. The molecule has 0 amide bonds. The van der Waals surface area contributed by atoms with Gasteiger partial charge in [-0.1, -0.05) is 34.8 Å². The van der Waals surface area contributed by atoms with Gasteiger partial charge in [0.15, 0.2) is 11.3 Å². The molecule has 1 fully saturated rings. The molecule has 4 rings (SSSR count). The largest absolute Gasteiger partial charge is 0.367 e. The number of nitrogens with one attached hydrogen (secondary N) is 1. The van der Waals surface area contributed by atoms with Crippen LogP contribution in [0.5, 0.6) is 0 Å². The minimum Gasteiger partial charge on any atom is -0.367 e. The summed E-state index contributed by atoms with van der Waals surface area (Å²) in [6.45, 7) is 1.98. The highest BCUT2D eigenvalue weighted by molar-refractivity contribution is 5.77. The summed E-state index contributed by atoms with van der Waals surface area (Å²) < 4.78 is 0. The summed E-state index contributed by atoms with van der Waals surface area (Å²) >= 11 is 0. The topological polar surface area (TPSA) is 85.1 Å². The molecule has 1 atom stereocenters. The van der Waals surface area contributed by atoms with E-state index in [-0.39, 0.29) is 0 Å². The second kappa shape index (κ2) is 5.22. The van der Waals surface area contributed by atoms with Gasteiger partial charge in [-0.15, -0.1) is 5.53 Å². The predicted octanol–water partition coefficient (Wildman–Crippen LogP) is 1.91. The molecule has 2 N–H and O–H groups in total. The lowest BCUT2D eigenvalue weighted by Gasteiger charge is -2.27. The lowest BCUT2D eigenvalue weighted by atomic mass is 10.2. The Kier molecular flexibility index (Phi) is 3.15. The number of hydrogen-bond acceptors (Lipinski definition) is 6. The van der Waals surface area contributed by atoms with E-state index in [1.54, 1.807) is 34.3 Å². The van der Waals surface area contributed by atoms with Crippen LogP contribution < -0.4 is 20.6 Å². The maximum absolute atomic E-state index is 11.4. The Hall–Kier alpha value is -3.10. The highest BCUT2D eigenvalue weighted by atomic mass is 16.7. The molecular weight excluding hydrogens is 310 g/mol. The number of para-hydroxylation sites is 2. The molecule has 122 valence electrons. The number of anilines is 3. The van der Waals surface area contributed by atoms with Crippen molar-refractivity contribution < 1.29 is 10.1 Å². The van der Waals surface area contributed by atoms with Crippen LogP contribution in [0.15, 0.2) is 60.4 Å². The number of aryl methyl sites for hydroxylation is 1. The van der Waals surface area contributed by atoms with E-state index in [0.717, 1.165) is 16.3 Å². The molecule has 0 bridgehead atoms. The Morgan fingerprint density at radius 2 is 1.79 bits per heavy atom. The van der Waals surface area contributed by atoms with Crippen molar-refractivity contribution in [3.8, 4) is 0 Å². The SMILES string of the molecule is Cc1ccc(N2NN3C(=CN([N+](=O)[O-])c4ccccc43)C2O)cc1. The van der Waals surface area contributed by atoms with E-state index >= 15 is 0 Å². The Morgan fingerprint density at radius 3 is 2.46 bits per heavy atom. The van der Waals surface area contributed by atoms with Crippen LogP contribution in [0.3, 0.4) is 0 Å². The van der Waals surface area contributed by atoms with Crippen molar-refractivity contribution in [2.24, 2.45) is 0 Å². The minimum absolute atomic E-state index is 0.381. The van der Waals surface area contributed by atoms with Gasteiger partial charge in [0.1, 0.15) is 17.6 Å². The first-order valence-electron chi connectivity index (χ1n) is 7.41. The fraction of sp³-hybridized carbons (Fsp3) is 0.125. The van der Waals surface area contributed by atoms with Gasteiger partial charge in [-0.3, -0.25) is 10.0 Å². The fourth-order valence-electron chi connectivity index (χ4n) is 2.87. The highest BCUT2D eigenvalue weighted by Crippen LogP contribution is 2.39. The molecule has 2 aromatic rings. The lowest BCUT2D eigenvalue weighted by Crippen LogP contribution is -2.42. The molecule has 0 radical (unpaired) electrons. The molecule has 2 heterocycles. The first-order chi connectivity index (χ1) is 11.6. The van der Waals surface area contributed by atoms with Gasteiger partial charge < -0.3 is 5.11 Å². The number of rotatable bonds is 2. The normalized spacial score (nSPS) is 19.0. The van der Waals surface area contributed by atoms with E-state index < -0.39 is 11.3 Å². The van der Waals surface area contributed by atoms with Crippen molar-refractivity contribution >= 4 is 17.1 Å². The zero-order valence-corrected chi connectivity index (χ0v) is 12.8. The highest BCUT2D eigenvalue weighted by Gasteiger charge is 2.41. The summed E-state index contributed by atoms with van der Waals surface area (Å²) in [6.07, 6.45) is 0.275. The molecule has 8 heteroatoms. The number of hydrazine groups is 3. The molecule has 0 aliphatic carbocycles. The Balaban J connectivity index is 1.78. The second-order valence-electron chi connectivity index (χ2n) is 5.64. The average molecular weight is 325 g/mol.